The lowest BCUT2D eigenvalue weighted by Gasteiger charge is -2.13. The van der Waals surface area contributed by atoms with Crippen molar-refractivity contribution in [3.63, 3.8) is 0 Å². The Morgan fingerprint density at radius 1 is 1.39 bits per heavy atom. The van der Waals surface area contributed by atoms with E-state index in [1.54, 1.807) is 0 Å². The van der Waals surface area contributed by atoms with Crippen molar-refractivity contribution >= 4 is 5.91 Å². The summed E-state index contributed by atoms with van der Waals surface area (Å²) in [5.74, 6) is -0.623. The van der Waals surface area contributed by atoms with Gasteiger partial charge >= 0.3 is 0 Å². The number of nitrogens with one attached hydrogen (secondary N) is 1. The van der Waals surface area contributed by atoms with Crippen molar-refractivity contribution in [3.8, 4) is 0 Å². The minimum atomic E-state index is -0.374. The van der Waals surface area contributed by atoms with Crippen LogP contribution in [0.5, 0.6) is 0 Å². The lowest BCUT2D eigenvalue weighted by atomic mass is 10.0. The number of amides is 1. The summed E-state index contributed by atoms with van der Waals surface area (Å²) in [4.78, 5) is 16.8. The molecule has 0 spiro atoms. The van der Waals surface area contributed by atoms with E-state index in [1.165, 1.54) is 0 Å². The van der Waals surface area contributed by atoms with Gasteiger partial charge in [-0.05, 0) is 12.0 Å². The first-order chi connectivity index (χ1) is 8.77. The van der Waals surface area contributed by atoms with Gasteiger partial charge in [-0.15, -0.1) is 0 Å². The lowest BCUT2D eigenvalue weighted by molar-refractivity contribution is -0.140. The molecule has 1 rings (SSSR count). The molecular formula is C14H21NO3. The first-order valence-corrected chi connectivity index (χ1v) is 6.34. The molecule has 0 aliphatic heterocycles. The van der Waals surface area contributed by atoms with Crippen LogP contribution in [0.15, 0.2) is 30.3 Å². The number of hydroxylamine groups is 1. The van der Waals surface area contributed by atoms with E-state index in [9.17, 15) is 4.79 Å². The van der Waals surface area contributed by atoms with E-state index in [2.05, 4.69) is 12.4 Å². The molecule has 1 aromatic carbocycles. The maximum absolute atomic E-state index is 11.7. The van der Waals surface area contributed by atoms with Gasteiger partial charge in [-0.3, -0.25) is 9.63 Å². The van der Waals surface area contributed by atoms with Crippen molar-refractivity contribution in [1.29, 1.82) is 0 Å². The minimum absolute atomic E-state index is 0.138. The molecule has 0 saturated heterocycles. The van der Waals surface area contributed by atoms with Gasteiger partial charge in [0.05, 0.1) is 19.1 Å². The van der Waals surface area contributed by atoms with Gasteiger partial charge in [-0.25, -0.2) is 5.48 Å². The summed E-state index contributed by atoms with van der Waals surface area (Å²) in [6.07, 6.45) is 2.62. The number of aliphatic hydroxyl groups is 1. The molecule has 4 heteroatoms. The fourth-order valence-electron chi connectivity index (χ4n) is 1.60. The monoisotopic (exact) mass is 251 g/mol. The highest BCUT2D eigenvalue weighted by Crippen LogP contribution is 2.08. The van der Waals surface area contributed by atoms with Crippen LogP contribution in [0.3, 0.4) is 0 Å². The van der Waals surface area contributed by atoms with Gasteiger partial charge in [0.2, 0.25) is 5.91 Å². The summed E-state index contributed by atoms with van der Waals surface area (Å²) in [6, 6.07) is 9.60. The quantitative estimate of drug-likeness (QED) is 0.695. The Hall–Kier alpha value is -1.39. The van der Waals surface area contributed by atoms with Gasteiger partial charge in [0.15, 0.2) is 0 Å². The summed E-state index contributed by atoms with van der Waals surface area (Å²) >= 11 is 0. The molecule has 1 amide bonds. The maximum Gasteiger partial charge on any atom is 0.248 e. The standard InChI is InChI=1S/C14H21NO3/c1-2-3-9-13(10-16)14(17)15-18-11-12-7-5-4-6-8-12/h4-8,13,16H,2-3,9-11H2,1H3,(H,15,17)/t13-/m1/s1. The molecule has 2 N–H and O–H groups in total. The molecule has 18 heavy (non-hydrogen) atoms. The molecule has 1 aromatic rings. The molecule has 0 aliphatic carbocycles. The molecule has 0 saturated carbocycles. The molecule has 1 atom stereocenters. The summed E-state index contributed by atoms with van der Waals surface area (Å²) in [5.41, 5.74) is 3.38. The molecule has 0 fully saturated rings. The smallest absolute Gasteiger partial charge is 0.248 e. The van der Waals surface area contributed by atoms with Gasteiger partial charge in [0.25, 0.3) is 0 Å². The van der Waals surface area contributed by atoms with Crippen LogP contribution in [0.1, 0.15) is 31.7 Å². The van der Waals surface area contributed by atoms with Crippen LogP contribution in [0.25, 0.3) is 0 Å². The molecule has 0 radical (unpaired) electrons. The van der Waals surface area contributed by atoms with Crippen LogP contribution in [0.2, 0.25) is 0 Å². The molecule has 4 nitrogen and oxygen atoms in total. The number of hydrogen-bond acceptors (Lipinski definition) is 3. The number of benzene rings is 1. The Morgan fingerprint density at radius 3 is 2.72 bits per heavy atom. The minimum Gasteiger partial charge on any atom is -0.396 e. The third kappa shape index (κ3) is 5.29. The summed E-state index contributed by atoms with van der Waals surface area (Å²) in [5, 5.41) is 9.12. The summed E-state index contributed by atoms with van der Waals surface area (Å²) in [7, 11) is 0. The second kappa shape index (κ2) is 8.66. The fourth-order valence-corrected chi connectivity index (χ4v) is 1.60. The largest absolute Gasteiger partial charge is 0.396 e. The molecule has 100 valence electrons. The van der Waals surface area contributed by atoms with Crippen molar-refractivity contribution in [1.82, 2.24) is 5.48 Å². The average molecular weight is 251 g/mol. The Morgan fingerprint density at radius 2 is 2.11 bits per heavy atom. The van der Waals surface area contributed by atoms with Gasteiger partial charge in [-0.1, -0.05) is 50.1 Å². The highest BCUT2D eigenvalue weighted by Gasteiger charge is 2.16. The molecule has 0 aliphatic rings. The number of rotatable bonds is 8. The van der Waals surface area contributed by atoms with Crippen molar-refractivity contribution in [2.24, 2.45) is 5.92 Å². The molecule has 0 bridgehead atoms. The first-order valence-electron chi connectivity index (χ1n) is 6.34. The maximum atomic E-state index is 11.7. The van der Waals surface area contributed by atoms with E-state index in [1.807, 2.05) is 30.3 Å². The van der Waals surface area contributed by atoms with E-state index in [-0.39, 0.29) is 18.4 Å². The normalized spacial score (nSPS) is 12.1. The van der Waals surface area contributed by atoms with E-state index in [0.717, 1.165) is 18.4 Å². The lowest BCUT2D eigenvalue weighted by Crippen LogP contribution is -2.32. The van der Waals surface area contributed by atoms with E-state index in [0.29, 0.717) is 13.0 Å². The predicted octanol–water partition coefficient (Wildman–Crippen LogP) is 2.03. The predicted molar refractivity (Wildman–Crippen MR) is 69.5 cm³/mol. The zero-order valence-electron chi connectivity index (χ0n) is 10.8. The van der Waals surface area contributed by atoms with Crippen molar-refractivity contribution in [3.05, 3.63) is 35.9 Å². The van der Waals surface area contributed by atoms with Crippen LogP contribution in [0.4, 0.5) is 0 Å². The van der Waals surface area contributed by atoms with E-state index >= 15 is 0 Å². The topological polar surface area (TPSA) is 58.6 Å². The van der Waals surface area contributed by atoms with Crippen LogP contribution < -0.4 is 5.48 Å². The highest BCUT2D eigenvalue weighted by molar-refractivity contribution is 5.77. The van der Waals surface area contributed by atoms with Gasteiger partial charge in [0, 0.05) is 0 Å². The van der Waals surface area contributed by atoms with Crippen molar-refractivity contribution < 1.29 is 14.7 Å². The van der Waals surface area contributed by atoms with Gasteiger partial charge in [-0.2, -0.15) is 0 Å². The highest BCUT2D eigenvalue weighted by atomic mass is 16.6. The third-order valence-corrected chi connectivity index (χ3v) is 2.75. The molecule has 0 heterocycles. The molecular weight excluding hydrogens is 230 g/mol. The fraction of sp³-hybridized carbons (Fsp3) is 0.500. The van der Waals surface area contributed by atoms with Gasteiger partial charge < -0.3 is 5.11 Å². The second-order valence-corrected chi connectivity index (χ2v) is 4.26. The Balaban J connectivity index is 2.27. The summed E-state index contributed by atoms with van der Waals surface area (Å²) < 4.78 is 0. The SMILES string of the molecule is CCCC[C@H](CO)C(=O)NOCc1ccccc1. The zero-order valence-corrected chi connectivity index (χ0v) is 10.8. The van der Waals surface area contributed by atoms with Crippen LogP contribution in [-0.2, 0) is 16.2 Å². The zero-order chi connectivity index (χ0) is 13.2. The Labute approximate surface area is 108 Å². The van der Waals surface area contributed by atoms with Crippen LogP contribution >= 0.6 is 0 Å². The number of hydrogen-bond donors (Lipinski definition) is 2. The van der Waals surface area contributed by atoms with E-state index < -0.39 is 0 Å². The Kier molecular flexibility index (Phi) is 7.06. The second-order valence-electron chi connectivity index (χ2n) is 4.26. The van der Waals surface area contributed by atoms with E-state index in [4.69, 9.17) is 9.94 Å². The first kappa shape index (κ1) is 14.7. The van der Waals surface area contributed by atoms with Crippen molar-refractivity contribution in [2.75, 3.05) is 6.61 Å². The average Bonchev–Trinajstić information content (AvgIpc) is 2.41. The van der Waals surface area contributed by atoms with Gasteiger partial charge in [0.1, 0.15) is 0 Å². The van der Waals surface area contributed by atoms with Crippen LogP contribution in [-0.4, -0.2) is 17.6 Å². The summed E-state index contributed by atoms with van der Waals surface area (Å²) in [6.45, 7) is 2.25. The Bertz CT molecular complexity index is 340. The number of aliphatic hydroxyl groups excluding tert-OH is 1. The molecule has 0 aromatic heterocycles. The van der Waals surface area contributed by atoms with Crippen LogP contribution in [0, 0.1) is 5.92 Å². The number of unbranched alkanes of at least 4 members (excludes halogenated alkanes) is 1. The third-order valence-electron chi connectivity index (χ3n) is 2.75. The van der Waals surface area contributed by atoms with Crippen molar-refractivity contribution in [2.45, 2.75) is 32.8 Å². The number of carbonyl (C=O) groups excluding carboxylic acids is 1. The molecule has 0 unspecified atom stereocenters. The number of carbonyl (C=O) groups is 1.